The average Bonchev–Trinajstić information content (AvgIpc) is 3.49. The standard InChI is InChI=1S/C26H34N6O4/c1-5-20-25(30(6-2)16-18-7-9-21(35-3)22(15-18)36-4)32-17-19(8-10-23(32)29-20)24(33)27-11-13-31-14-12-28-26(31)34/h7-10,15,17H,5-6,11-14,16H2,1-4H3,(H,27,33)(H,28,34). The minimum absolute atomic E-state index is 0.0880. The number of carbonyl (C=O) groups excluding carboxylic acids is 2. The Kier molecular flexibility index (Phi) is 7.82. The number of fused-ring (bicyclic) bond motifs is 1. The Labute approximate surface area is 211 Å². The number of carbonyl (C=O) groups is 2. The summed E-state index contributed by atoms with van der Waals surface area (Å²) in [4.78, 5) is 33.3. The van der Waals surface area contributed by atoms with Gasteiger partial charge in [-0.15, -0.1) is 0 Å². The highest BCUT2D eigenvalue weighted by atomic mass is 16.5. The second-order valence-corrected chi connectivity index (χ2v) is 8.56. The summed E-state index contributed by atoms with van der Waals surface area (Å²) < 4.78 is 12.8. The summed E-state index contributed by atoms with van der Waals surface area (Å²) in [5.41, 5.74) is 3.37. The van der Waals surface area contributed by atoms with Gasteiger partial charge in [0.05, 0.1) is 25.5 Å². The molecule has 3 aromatic rings. The molecule has 2 aromatic heterocycles. The Morgan fingerprint density at radius 2 is 1.97 bits per heavy atom. The first-order valence-electron chi connectivity index (χ1n) is 12.3. The van der Waals surface area contributed by atoms with Crippen molar-refractivity contribution in [1.82, 2.24) is 24.9 Å². The van der Waals surface area contributed by atoms with Crippen LogP contribution in [0.3, 0.4) is 0 Å². The highest BCUT2D eigenvalue weighted by molar-refractivity contribution is 5.94. The normalized spacial score (nSPS) is 13.1. The molecule has 0 spiro atoms. The Balaban J connectivity index is 1.57. The second-order valence-electron chi connectivity index (χ2n) is 8.56. The number of nitrogens with zero attached hydrogens (tertiary/aromatic N) is 4. The fourth-order valence-electron chi connectivity index (χ4n) is 4.45. The number of aromatic nitrogens is 2. The molecular weight excluding hydrogens is 460 g/mol. The highest BCUT2D eigenvalue weighted by Crippen LogP contribution is 2.30. The molecule has 36 heavy (non-hydrogen) atoms. The van der Waals surface area contributed by atoms with Crippen LogP contribution in [0.1, 0.15) is 35.5 Å². The van der Waals surface area contributed by atoms with Crippen molar-refractivity contribution in [2.24, 2.45) is 0 Å². The number of hydrogen-bond acceptors (Lipinski definition) is 6. The largest absolute Gasteiger partial charge is 0.493 e. The predicted molar refractivity (Wildman–Crippen MR) is 138 cm³/mol. The summed E-state index contributed by atoms with van der Waals surface area (Å²) in [6.07, 6.45) is 2.60. The van der Waals surface area contributed by atoms with Crippen molar-refractivity contribution in [3.05, 3.63) is 53.3 Å². The van der Waals surface area contributed by atoms with Crippen LogP contribution in [0.5, 0.6) is 11.5 Å². The van der Waals surface area contributed by atoms with Gasteiger partial charge in [0.15, 0.2) is 11.5 Å². The minimum atomic E-state index is -0.183. The summed E-state index contributed by atoms with van der Waals surface area (Å²) in [7, 11) is 3.25. The second kappa shape index (κ2) is 11.2. The smallest absolute Gasteiger partial charge is 0.317 e. The van der Waals surface area contributed by atoms with E-state index >= 15 is 0 Å². The van der Waals surface area contributed by atoms with Crippen LogP contribution in [-0.2, 0) is 13.0 Å². The summed E-state index contributed by atoms with van der Waals surface area (Å²) in [5.74, 6) is 2.16. The molecule has 1 aliphatic heterocycles. The van der Waals surface area contributed by atoms with Gasteiger partial charge >= 0.3 is 6.03 Å². The molecule has 2 N–H and O–H groups in total. The third kappa shape index (κ3) is 5.17. The molecule has 0 unspecified atom stereocenters. The number of aryl methyl sites for hydroxylation is 1. The summed E-state index contributed by atoms with van der Waals surface area (Å²) >= 11 is 0. The van der Waals surface area contributed by atoms with Crippen molar-refractivity contribution in [1.29, 1.82) is 0 Å². The van der Waals surface area contributed by atoms with Crippen molar-refractivity contribution in [2.45, 2.75) is 26.8 Å². The Bertz CT molecular complexity index is 1240. The van der Waals surface area contributed by atoms with Crippen molar-refractivity contribution >= 4 is 23.4 Å². The van der Waals surface area contributed by atoms with E-state index in [1.165, 1.54) is 0 Å². The molecule has 0 atom stereocenters. The molecule has 10 heteroatoms. The van der Waals surface area contributed by atoms with Gasteiger partial charge in [-0.25, -0.2) is 9.78 Å². The molecule has 4 rings (SSSR count). The maximum Gasteiger partial charge on any atom is 0.317 e. The van der Waals surface area contributed by atoms with Gasteiger partial charge in [0.25, 0.3) is 5.91 Å². The molecule has 1 aliphatic rings. The SMILES string of the molecule is CCc1nc2ccc(C(=O)NCCN3CCNC3=O)cn2c1N(CC)Cc1ccc(OC)c(OC)c1. The van der Waals surface area contributed by atoms with E-state index in [-0.39, 0.29) is 11.9 Å². The van der Waals surface area contributed by atoms with Crippen LogP contribution in [-0.4, -0.2) is 73.2 Å². The zero-order chi connectivity index (χ0) is 25.7. The van der Waals surface area contributed by atoms with Crippen LogP contribution in [0.4, 0.5) is 10.6 Å². The molecule has 3 heterocycles. The van der Waals surface area contributed by atoms with Gasteiger partial charge in [-0.1, -0.05) is 13.0 Å². The number of urea groups is 1. The minimum Gasteiger partial charge on any atom is -0.493 e. The first kappa shape index (κ1) is 25.2. The van der Waals surface area contributed by atoms with Gasteiger partial charge in [0.2, 0.25) is 0 Å². The number of benzene rings is 1. The lowest BCUT2D eigenvalue weighted by Gasteiger charge is -2.24. The molecule has 0 saturated carbocycles. The number of methoxy groups -OCH3 is 2. The van der Waals surface area contributed by atoms with Crippen LogP contribution in [0.25, 0.3) is 5.65 Å². The van der Waals surface area contributed by atoms with Crippen LogP contribution in [0.2, 0.25) is 0 Å². The van der Waals surface area contributed by atoms with Crippen molar-refractivity contribution < 1.29 is 19.1 Å². The number of hydrogen-bond donors (Lipinski definition) is 2. The molecule has 10 nitrogen and oxygen atoms in total. The molecule has 0 radical (unpaired) electrons. The maximum atomic E-state index is 12.9. The topological polar surface area (TPSA) is 100 Å². The molecule has 1 fully saturated rings. The first-order valence-corrected chi connectivity index (χ1v) is 12.3. The van der Waals surface area contributed by atoms with Crippen LogP contribution in [0, 0.1) is 0 Å². The molecule has 1 saturated heterocycles. The number of ether oxygens (including phenoxy) is 2. The van der Waals surface area contributed by atoms with Gasteiger partial charge in [0.1, 0.15) is 11.5 Å². The van der Waals surface area contributed by atoms with Crippen LogP contribution < -0.4 is 25.0 Å². The van der Waals surface area contributed by atoms with Crippen molar-refractivity contribution in [2.75, 3.05) is 51.8 Å². The lowest BCUT2D eigenvalue weighted by Crippen LogP contribution is -2.36. The molecule has 1 aromatic carbocycles. The molecular formula is C26H34N6O4. The number of anilines is 1. The molecule has 192 valence electrons. The number of nitrogens with one attached hydrogen (secondary N) is 2. The van der Waals surface area contributed by atoms with E-state index in [4.69, 9.17) is 14.5 Å². The van der Waals surface area contributed by atoms with E-state index in [9.17, 15) is 9.59 Å². The number of amides is 3. The fraction of sp³-hybridized carbons (Fsp3) is 0.423. The first-order chi connectivity index (χ1) is 17.5. The third-order valence-electron chi connectivity index (χ3n) is 6.37. The Hall–Kier alpha value is -3.95. The highest BCUT2D eigenvalue weighted by Gasteiger charge is 2.21. The van der Waals surface area contributed by atoms with Crippen LogP contribution >= 0.6 is 0 Å². The van der Waals surface area contributed by atoms with E-state index in [1.807, 2.05) is 34.9 Å². The molecule has 0 bridgehead atoms. The van der Waals surface area contributed by atoms with Gasteiger partial charge in [-0.2, -0.15) is 0 Å². The summed E-state index contributed by atoms with van der Waals surface area (Å²) in [6.45, 7) is 7.75. The number of pyridine rings is 1. The monoisotopic (exact) mass is 494 g/mol. The van der Waals surface area contributed by atoms with Crippen molar-refractivity contribution in [3.63, 3.8) is 0 Å². The van der Waals surface area contributed by atoms with E-state index in [1.54, 1.807) is 25.2 Å². The zero-order valence-electron chi connectivity index (χ0n) is 21.3. The lowest BCUT2D eigenvalue weighted by molar-refractivity contribution is 0.0950. The summed E-state index contributed by atoms with van der Waals surface area (Å²) in [5, 5.41) is 5.69. The molecule has 3 amide bonds. The molecule has 0 aliphatic carbocycles. The van der Waals surface area contributed by atoms with E-state index < -0.39 is 0 Å². The Morgan fingerprint density at radius 1 is 1.17 bits per heavy atom. The predicted octanol–water partition coefficient (Wildman–Crippen LogP) is 2.70. The van der Waals surface area contributed by atoms with E-state index in [0.717, 1.165) is 35.7 Å². The Morgan fingerprint density at radius 3 is 2.64 bits per heavy atom. The van der Waals surface area contributed by atoms with E-state index in [0.29, 0.717) is 49.8 Å². The number of rotatable bonds is 11. The average molecular weight is 495 g/mol. The fourth-order valence-corrected chi connectivity index (χ4v) is 4.45. The maximum absolute atomic E-state index is 12.9. The number of imidazole rings is 1. The quantitative estimate of drug-likeness (QED) is 0.425. The van der Waals surface area contributed by atoms with E-state index in [2.05, 4.69) is 29.4 Å². The van der Waals surface area contributed by atoms with Gasteiger partial charge in [0, 0.05) is 45.5 Å². The van der Waals surface area contributed by atoms with Crippen molar-refractivity contribution in [3.8, 4) is 11.5 Å². The lowest BCUT2D eigenvalue weighted by atomic mass is 10.1. The van der Waals surface area contributed by atoms with Gasteiger partial charge < -0.3 is 29.9 Å². The third-order valence-corrected chi connectivity index (χ3v) is 6.37. The van der Waals surface area contributed by atoms with Crippen LogP contribution in [0.15, 0.2) is 36.5 Å². The van der Waals surface area contributed by atoms with Gasteiger partial charge in [-0.3, -0.25) is 9.20 Å². The van der Waals surface area contributed by atoms with Gasteiger partial charge in [-0.05, 0) is 43.2 Å². The summed E-state index contributed by atoms with van der Waals surface area (Å²) in [6, 6.07) is 9.48. The zero-order valence-corrected chi connectivity index (χ0v) is 21.3.